The van der Waals surface area contributed by atoms with E-state index in [9.17, 15) is 9.59 Å². The molecular formula is C23H28N2O4. The van der Waals surface area contributed by atoms with Crippen molar-refractivity contribution in [1.29, 1.82) is 0 Å². The van der Waals surface area contributed by atoms with E-state index < -0.39 is 0 Å². The Balaban J connectivity index is 1.72. The van der Waals surface area contributed by atoms with Gasteiger partial charge in [-0.3, -0.25) is 9.59 Å². The normalized spacial score (nSPS) is 17.2. The highest BCUT2D eigenvalue weighted by Crippen LogP contribution is 2.34. The van der Waals surface area contributed by atoms with Crippen LogP contribution in [0.25, 0.3) is 0 Å². The summed E-state index contributed by atoms with van der Waals surface area (Å²) in [5.74, 6) is 0.857. The predicted molar refractivity (Wildman–Crippen MR) is 112 cm³/mol. The summed E-state index contributed by atoms with van der Waals surface area (Å²) in [5, 5.41) is 3.11. The van der Waals surface area contributed by atoms with Gasteiger partial charge in [0.25, 0.3) is 0 Å². The molecule has 1 aliphatic rings. The molecule has 6 nitrogen and oxygen atoms in total. The molecule has 2 unspecified atom stereocenters. The highest BCUT2D eigenvalue weighted by atomic mass is 16.5. The molecule has 0 bridgehead atoms. The van der Waals surface area contributed by atoms with Gasteiger partial charge in [0.05, 0.1) is 31.9 Å². The van der Waals surface area contributed by atoms with Crippen LogP contribution in [0.5, 0.6) is 11.5 Å². The molecule has 2 atom stereocenters. The first-order valence-electron chi connectivity index (χ1n) is 9.86. The van der Waals surface area contributed by atoms with Crippen LogP contribution >= 0.6 is 0 Å². The number of aryl methyl sites for hydroxylation is 1. The predicted octanol–water partition coefficient (Wildman–Crippen LogP) is 3.63. The molecule has 0 aromatic heterocycles. The second-order valence-corrected chi connectivity index (χ2v) is 7.32. The third-order valence-electron chi connectivity index (χ3n) is 5.36. The zero-order chi connectivity index (χ0) is 21.0. The van der Waals surface area contributed by atoms with E-state index >= 15 is 0 Å². The first-order valence-corrected chi connectivity index (χ1v) is 9.86. The van der Waals surface area contributed by atoms with E-state index in [0.29, 0.717) is 12.3 Å². The molecule has 1 aliphatic heterocycles. The van der Waals surface area contributed by atoms with Crippen molar-refractivity contribution in [3.05, 3.63) is 53.6 Å². The summed E-state index contributed by atoms with van der Waals surface area (Å²) < 4.78 is 10.6. The van der Waals surface area contributed by atoms with E-state index in [1.807, 2.05) is 56.3 Å². The number of ether oxygens (including phenoxy) is 2. The maximum absolute atomic E-state index is 12.9. The van der Waals surface area contributed by atoms with Crippen LogP contribution < -0.4 is 19.7 Å². The molecule has 2 aromatic rings. The van der Waals surface area contributed by atoms with Crippen molar-refractivity contribution in [2.45, 2.75) is 32.7 Å². The molecule has 3 rings (SSSR count). The average Bonchev–Trinajstić information content (AvgIpc) is 3.13. The van der Waals surface area contributed by atoms with Crippen LogP contribution in [-0.4, -0.2) is 32.6 Å². The van der Waals surface area contributed by atoms with E-state index in [2.05, 4.69) is 5.32 Å². The number of rotatable bonds is 7. The summed E-state index contributed by atoms with van der Waals surface area (Å²) in [6, 6.07) is 13.3. The first-order chi connectivity index (χ1) is 14.0. The molecule has 1 saturated heterocycles. The molecule has 0 aliphatic carbocycles. The maximum atomic E-state index is 12.9. The van der Waals surface area contributed by atoms with Crippen molar-refractivity contribution >= 4 is 17.5 Å². The molecule has 1 fully saturated rings. The highest BCUT2D eigenvalue weighted by molar-refractivity contribution is 6.01. The second kappa shape index (κ2) is 8.99. The number of hydrogen-bond donors (Lipinski definition) is 1. The fourth-order valence-corrected chi connectivity index (χ4v) is 3.67. The van der Waals surface area contributed by atoms with Crippen LogP contribution in [0.3, 0.4) is 0 Å². The summed E-state index contributed by atoms with van der Waals surface area (Å²) >= 11 is 0. The number of hydrogen-bond acceptors (Lipinski definition) is 4. The second-order valence-electron chi connectivity index (χ2n) is 7.32. The van der Waals surface area contributed by atoms with Crippen LogP contribution in [0, 0.1) is 12.8 Å². The number of methoxy groups -OCH3 is 2. The molecule has 6 heteroatoms. The van der Waals surface area contributed by atoms with Crippen molar-refractivity contribution < 1.29 is 19.1 Å². The number of anilines is 1. The molecule has 154 valence electrons. The maximum Gasteiger partial charge on any atom is 0.227 e. The molecule has 29 heavy (non-hydrogen) atoms. The first kappa shape index (κ1) is 20.7. The average molecular weight is 396 g/mol. The minimum absolute atomic E-state index is 0.0634. The third-order valence-corrected chi connectivity index (χ3v) is 5.36. The Labute approximate surface area is 171 Å². The van der Waals surface area contributed by atoms with Crippen molar-refractivity contribution in [1.82, 2.24) is 5.32 Å². The van der Waals surface area contributed by atoms with Gasteiger partial charge in [-0.05, 0) is 48.7 Å². The zero-order valence-corrected chi connectivity index (χ0v) is 17.4. The minimum Gasteiger partial charge on any atom is -0.497 e. The third kappa shape index (κ3) is 4.53. The number of benzene rings is 2. The van der Waals surface area contributed by atoms with Gasteiger partial charge in [-0.2, -0.15) is 0 Å². The van der Waals surface area contributed by atoms with Gasteiger partial charge in [-0.25, -0.2) is 0 Å². The quantitative estimate of drug-likeness (QED) is 0.776. The zero-order valence-electron chi connectivity index (χ0n) is 17.4. The van der Waals surface area contributed by atoms with Crippen LogP contribution in [-0.2, 0) is 9.59 Å². The Hall–Kier alpha value is -3.02. The van der Waals surface area contributed by atoms with Crippen molar-refractivity contribution in [3.8, 4) is 11.5 Å². The van der Waals surface area contributed by atoms with Crippen molar-refractivity contribution in [3.63, 3.8) is 0 Å². The summed E-state index contributed by atoms with van der Waals surface area (Å²) in [6.45, 7) is 4.34. The van der Waals surface area contributed by atoms with E-state index in [1.165, 1.54) is 0 Å². The lowest BCUT2D eigenvalue weighted by atomic mass is 10.0. The van der Waals surface area contributed by atoms with Crippen LogP contribution in [0.1, 0.15) is 36.9 Å². The highest BCUT2D eigenvalue weighted by Gasteiger charge is 2.37. The Morgan fingerprint density at radius 2 is 1.90 bits per heavy atom. The lowest BCUT2D eigenvalue weighted by molar-refractivity contribution is -0.127. The van der Waals surface area contributed by atoms with Gasteiger partial charge in [0, 0.05) is 13.0 Å². The molecule has 2 aromatic carbocycles. The van der Waals surface area contributed by atoms with Gasteiger partial charge < -0.3 is 19.7 Å². The van der Waals surface area contributed by atoms with E-state index in [-0.39, 0.29) is 30.2 Å². The monoisotopic (exact) mass is 396 g/mol. The van der Waals surface area contributed by atoms with Gasteiger partial charge in [-0.1, -0.05) is 25.1 Å². The molecule has 1 N–H and O–H groups in total. The van der Waals surface area contributed by atoms with Gasteiger partial charge in [0.2, 0.25) is 11.8 Å². The number of carbonyl (C=O) groups is 2. The molecule has 0 spiro atoms. The summed E-state index contributed by atoms with van der Waals surface area (Å²) in [4.78, 5) is 27.2. The number of amides is 2. The molecule has 2 amide bonds. The van der Waals surface area contributed by atoms with Crippen LogP contribution in [0.4, 0.5) is 5.69 Å². The van der Waals surface area contributed by atoms with E-state index in [1.54, 1.807) is 19.1 Å². The molecule has 1 heterocycles. The van der Waals surface area contributed by atoms with E-state index in [4.69, 9.17) is 9.47 Å². The summed E-state index contributed by atoms with van der Waals surface area (Å²) in [6.07, 6.45) is 0.954. The number of nitrogens with zero attached hydrogens (tertiary/aromatic N) is 1. The Morgan fingerprint density at radius 1 is 1.17 bits per heavy atom. The van der Waals surface area contributed by atoms with Crippen LogP contribution in [0.2, 0.25) is 0 Å². The standard InChI is InChI=1S/C23H28N2O4/c1-5-19(16-7-9-18(28-3)10-8-16)24-23(27)17-13-22(26)25(14-17)20-12-15(2)6-11-21(20)29-4/h6-12,17,19H,5,13-14H2,1-4H3,(H,24,27). The summed E-state index contributed by atoms with van der Waals surface area (Å²) in [5.41, 5.74) is 2.77. The van der Waals surface area contributed by atoms with Crippen molar-refractivity contribution in [2.24, 2.45) is 5.92 Å². The Kier molecular flexibility index (Phi) is 6.42. The fraction of sp³-hybridized carbons (Fsp3) is 0.391. The van der Waals surface area contributed by atoms with Gasteiger partial charge in [0.1, 0.15) is 11.5 Å². The summed E-state index contributed by atoms with van der Waals surface area (Å²) in [7, 11) is 3.21. The lowest BCUT2D eigenvalue weighted by Crippen LogP contribution is -2.35. The SMILES string of the molecule is CCC(NC(=O)C1CC(=O)N(c2cc(C)ccc2OC)C1)c1ccc(OC)cc1. The van der Waals surface area contributed by atoms with Crippen molar-refractivity contribution in [2.75, 3.05) is 25.7 Å². The van der Waals surface area contributed by atoms with E-state index in [0.717, 1.165) is 29.0 Å². The molecular weight excluding hydrogens is 368 g/mol. The fourth-order valence-electron chi connectivity index (χ4n) is 3.67. The Morgan fingerprint density at radius 3 is 2.52 bits per heavy atom. The largest absolute Gasteiger partial charge is 0.497 e. The minimum atomic E-state index is -0.389. The van der Waals surface area contributed by atoms with Gasteiger partial charge in [0.15, 0.2) is 0 Å². The smallest absolute Gasteiger partial charge is 0.227 e. The topological polar surface area (TPSA) is 67.9 Å². The number of carbonyl (C=O) groups excluding carboxylic acids is 2. The number of nitrogens with one attached hydrogen (secondary N) is 1. The molecule has 0 saturated carbocycles. The van der Waals surface area contributed by atoms with Gasteiger partial charge in [-0.15, -0.1) is 0 Å². The van der Waals surface area contributed by atoms with Gasteiger partial charge >= 0.3 is 0 Å². The Bertz CT molecular complexity index is 879. The lowest BCUT2D eigenvalue weighted by Gasteiger charge is -2.22. The van der Waals surface area contributed by atoms with Crippen LogP contribution in [0.15, 0.2) is 42.5 Å². The molecule has 0 radical (unpaired) electrons.